The Labute approximate surface area is 106 Å². The van der Waals surface area contributed by atoms with Gasteiger partial charge in [-0.25, -0.2) is 4.99 Å². The topological polar surface area (TPSA) is 24.4 Å². The van der Waals surface area contributed by atoms with E-state index < -0.39 is 0 Å². The fourth-order valence-electron chi connectivity index (χ4n) is 2.70. The van der Waals surface area contributed by atoms with Crippen LogP contribution >= 0.6 is 11.3 Å². The molecule has 0 saturated carbocycles. The molecule has 90 valence electrons. The van der Waals surface area contributed by atoms with E-state index in [0.717, 1.165) is 6.42 Å². The molecule has 0 saturated heterocycles. The summed E-state index contributed by atoms with van der Waals surface area (Å²) >= 11 is 1.88. The smallest absolute Gasteiger partial charge is 0.0889 e. The second-order valence-corrected chi connectivity index (χ2v) is 5.86. The monoisotopic (exact) mass is 246 g/mol. The van der Waals surface area contributed by atoms with E-state index in [9.17, 15) is 0 Å². The zero-order valence-electron chi connectivity index (χ0n) is 10.4. The number of allylic oxidation sites excluding steroid dienone is 1. The van der Waals surface area contributed by atoms with E-state index in [1.807, 2.05) is 17.7 Å². The molecule has 3 rings (SSSR count). The summed E-state index contributed by atoms with van der Waals surface area (Å²) in [5.74, 6) is 0. The molecule has 0 amide bonds. The van der Waals surface area contributed by atoms with Gasteiger partial charge in [0.15, 0.2) is 0 Å². The lowest BCUT2D eigenvalue weighted by Gasteiger charge is -2.29. The first-order valence-corrected chi connectivity index (χ1v) is 7.20. The molecule has 0 spiro atoms. The van der Waals surface area contributed by atoms with Crippen LogP contribution in [0.4, 0.5) is 0 Å². The number of aryl methyl sites for hydroxylation is 1. The predicted octanol–water partition coefficient (Wildman–Crippen LogP) is 3.87. The molecule has 0 aromatic carbocycles. The van der Waals surface area contributed by atoms with E-state index in [2.05, 4.69) is 29.5 Å². The lowest BCUT2D eigenvalue weighted by atomic mass is 9.89. The normalized spacial score (nSPS) is 23.5. The summed E-state index contributed by atoms with van der Waals surface area (Å²) in [5, 5.41) is 5.71. The first kappa shape index (κ1) is 11.0. The van der Waals surface area contributed by atoms with Crippen molar-refractivity contribution in [1.29, 1.82) is 0 Å². The molecule has 0 radical (unpaired) electrons. The number of hydrogen-bond donors (Lipinski definition) is 1. The number of hydrogen-bond acceptors (Lipinski definition) is 3. The van der Waals surface area contributed by atoms with Gasteiger partial charge >= 0.3 is 0 Å². The second-order valence-electron chi connectivity index (χ2n) is 4.94. The van der Waals surface area contributed by atoms with Crippen LogP contribution in [0.3, 0.4) is 0 Å². The fourth-order valence-corrected chi connectivity index (χ4v) is 3.87. The molecule has 1 aliphatic heterocycles. The average molecular weight is 246 g/mol. The standard InChI is InChI=1S/C14H18N2S/c1-9-7-17-14(10(9)2)13-11-5-3-4-6-12(11)15-8-16-13/h7-8,13H,3-6H2,1-2H3,(H,15,16). The van der Waals surface area contributed by atoms with Gasteiger partial charge in [-0.15, -0.1) is 11.3 Å². The van der Waals surface area contributed by atoms with Gasteiger partial charge in [0, 0.05) is 10.6 Å². The zero-order chi connectivity index (χ0) is 11.8. The Hall–Kier alpha value is -1.09. The van der Waals surface area contributed by atoms with E-state index in [-0.39, 0.29) is 0 Å². The van der Waals surface area contributed by atoms with Crippen LogP contribution in [0.15, 0.2) is 21.6 Å². The third-order valence-electron chi connectivity index (χ3n) is 3.88. The number of nitrogens with one attached hydrogen (secondary N) is 1. The molecule has 1 aromatic rings. The molecule has 1 N–H and O–H groups in total. The van der Waals surface area contributed by atoms with Crippen molar-refractivity contribution in [2.75, 3.05) is 0 Å². The first-order valence-electron chi connectivity index (χ1n) is 6.32. The maximum atomic E-state index is 4.51. The Bertz CT molecular complexity index is 496. The molecule has 0 bridgehead atoms. The lowest BCUT2D eigenvalue weighted by Crippen LogP contribution is -2.27. The summed E-state index contributed by atoms with van der Waals surface area (Å²) in [6, 6.07) is 0.390. The molecule has 2 nitrogen and oxygen atoms in total. The van der Waals surface area contributed by atoms with E-state index in [4.69, 9.17) is 0 Å². The minimum atomic E-state index is 0.390. The number of aliphatic imine (C=N–C) groups is 1. The van der Waals surface area contributed by atoms with E-state index >= 15 is 0 Å². The van der Waals surface area contributed by atoms with Gasteiger partial charge in [-0.3, -0.25) is 0 Å². The van der Waals surface area contributed by atoms with Gasteiger partial charge in [-0.1, -0.05) is 0 Å². The van der Waals surface area contributed by atoms with Crippen LogP contribution in [-0.2, 0) is 0 Å². The summed E-state index contributed by atoms with van der Waals surface area (Å²) < 4.78 is 0. The van der Waals surface area contributed by atoms with E-state index in [0.29, 0.717) is 6.04 Å². The van der Waals surface area contributed by atoms with Crippen LogP contribution in [0.2, 0.25) is 0 Å². The zero-order valence-corrected chi connectivity index (χ0v) is 11.2. The van der Waals surface area contributed by atoms with Crippen LogP contribution < -0.4 is 5.32 Å². The molecular weight excluding hydrogens is 228 g/mol. The highest BCUT2D eigenvalue weighted by Crippen LogP contribution is 2.39. The Kier molecular flexibility index (Phi) is 2.79. The number of nitrogens with zero attached hydrogens (tertiary/aromatic N) is 1. The van der Waals surface area contributed by atoms with Gasteiger partial charge in [-0.05, 0) is 61.6 Å². The average Bonchev–Trinajstić information content (AvgIpc) is 2.69. The molecule has 1 unspecified atom stereocenters. The largest absolute Gasteiger partial charge is 0.365 e. The summed E-state index contributed by atoms with van der Waals surface area (Å²) in [5.41, 5.74) is 5.72. The molecule has 17 heavy (non-hydrogen) atoms. The molecular formula is C14H18N2S. The highest BCUT2D eigenvalue weighted by atomic mass is 32.1. The molecule has 3 heteroatoms. The Morgan fingerprint density at radius 1 is 1.29 bits per heavy atom. The summed E-state index contributed by atoms with van der Waals surface area (Å²) in [6.45, 7) is 4.43. The van der Waals surface area contributed by atoms with Crippen LogP contribution in [0.5, 0.6) is 0 Å². The summed E-state index contributed by atoms with van der Waals surface area (Å²) in [4.78, 5) is 5.99. The van der Waals surface area contributed by atoms with Gasteiger partial charge < -0.3 is 5.32 Å². The van der Waals surface area contributed by atoms with Crippen molar-refractivity contribution >= 4 is 17.7 Å². The Morgan fingerprint density at radius 3 is 2.88 bits per heavy atom. The Balaban J connectivity index is 2.01. The van der Waals surface area contributed by atoms with Crippen molar-refractivity contribution in [1.82, 2.24) is 5.32 Å². The van der Waals surface area contributed by atoms with E-state index in [1.165, 1.54) is 46.5 Å². The van der Waals surface area contributed by atoms with Crippen LogP contribution in [0.25, 0.3) is 0 Å². The first-order chi connectivity index (χ1) is 8.27. The Morgan fingerprint density at radius 2 is 2.12 bits per heavy atom. The third kappa shape index (κ3) is 1.82. The van der Waals surface area contributed by atoms with Gasteiger partial charge in [0.05, 0.1) is 12.4 Å². The summed E-state index contributed by atoms with van der Waals surface area (Å²) in [6.07, 6.45) is 6.87. The molecule has 2 heterocycles. The van der Waals surface area contributed by atoms with Crippen molar-refractivity contribution in [3.05, 3.63) is 32.7 Å². The lowest BCUT2D eigenvalue weighted by molar-refractivity contribution is 0.589. The third-order valence-corrected chi connectivity index (χ3v) is 5.14. The molecule has 0 fully saturated rings. The predicted molar refractivity (Wildman–Crippen MR) is 73.7 cm³/mol. The highest BCUT2D eigenvalue weighted by molar-refractivity contribution is 7.10. The molecule has 1 aromatic heterocycles. The van der Waals surface area contributed by atoms with Crippen molar-refractivity contribution in [2.24, 2.45) is 4.99 Å². The molecule has 1 aliphatic carbocycles. The van der Waals surface area contributed by atoms with Crippen molar-refractivity contribution in [3.63, 3.8) is 0 Å². The van der Waals surface area contributed by atoms with Crippen molar-refractivity contribution in [2.45, 2.75) is 45.6 Å². The van der Waals surface area contributed by atoms with Gasteiger partial charge in [0.1, 0.15) is 0 Å². The SMILES string of the molecule is Cc1csc(C2NC=NC3=C2CCCC3)c1C. The van der Waals surface area contributed by atoms with Crippen LogP contribution in [0.1, 0.15) is 47.7 Å². The fraction of sp³-hybridized carbons (Fsp3) is 0.500. The van der Waals surface area contributed by atoms with Gasteiger partial charge in [0.2, 0.25) is 0 Å². The minimum absolute atomic E-state index is 0.390. The summed E-state index contributed by atoms with van der Waals surface area (Å²) in [7, 11) is 0. The quantitative estimate of drug-likeness (QED) is 0.799. The van der Waals surface area contributed by atoms with Crippen molar-refractivity contribution in [3.8, 4) is 0 Å². The second kappa shape index (κ2) is 4.30. The van der Waals surface area contributed by atoms with Crippen LogP contribution in [-0.4, -0.2) is 6.34 Å². The number of thiophene rings is 1. The maximum absolute atomic E-state index is 4.51. The molecule has 1 atom stereocenters. The molecule has 2 aliphatic rings. The minimum Gasteiger partial charge on any atom is -0.365 e. The van der Waals surface area contributed by atoms with Crippen LogP contribution in [0, 0.1) is 13.8 Å². The highest BCUT2D eigenvalue weighted by Gasteiger charge is 2.26. The number of rotatable bonds is 1. The maximum Gasteiger partial charge on any atom is 0.0889 e. The van der Waals surface area contributed by atoms with E-state index in [1.54, 1.807) is 0 Å². The van der Waals surface area contributed by atoms with Gasteiger partial charge in [-0.2, -0.15) is 0 Å². The van der Waals surface area contributed by atoms with Crippen molar-refractivity contribution < 1.29 is 0 Å². The van der Waals surface area contributed by atoms with Gasteiger partial charge in [0.25, 0.3) is 0 Å².